The standard InChI is InChI=1S/C3H7NO2.Cl2OS/c1-2(4)3(5)6;1-4(2)3/h2H,4H2,1H3,(H,5,6);. The summed E-state index contributed by atoms with van der Waals surface area (Å²) in [5, 5.41) is 7.87. The summed E-state index contributed by atoms with van der Waals surface area (Å²) in [4.78, 5) is 9.57. The van der Waals surface area contributed by atoms with Gasteiger partial charge >= 0.3 is 5.97 Å². The molecule has 0 aromatic carbocycles. The highest BCUT2D eigenvalue weighted by molar-refractivity contribution is 8.31. The van der Waals surface area contributed by atoms with Gasteiger partial charge in [-0.1, -0.05) is 0 Å². The fourth-order valence-corrected chi connectivity index (χ4v) is 0. The molecule has 0 aromatic heterocycles. The van der Waals surface area contributed by atoms with Crippen LogP contribution in [-0.4, -0.2) is 21.7 Å². The molecule has 0 saturated carbocycles. The van der Waals surface area contributed by atoms with Crippen molar-refractivity contribution in [2.45, 2.75) is 13.0 Å². The van der Waals surface area contributed by atoms with E-state index in [0.717, 1.165) is 0 Å². The normalized spacial score (nSPS) is 11.8. The van der Waals surface area contributed by atoms with Crippen LogP contribution in [0.1, 0.15) is 6.92 Å². The molecule has 10 heavy (non-hydrogen) atoms. The Morgan fingerprint density at radius 1 is 1.80 bits per heavy atom. The number of hydrogen-bond donors (Lipinski definition) is 2. The molecule has 0 spiro atoms. The summed E-state index contributed by atoms with van der Waals surface area (Å²) in [6.45, 7) is 1.42. The zero-order valence-corrected chi connectivity index (χ0v) is 7.41. The fraction of sp³-hybridized carbons (Fsp3) is 0.667. The molecule has 0 aromatic rings. The zero-order chi connectivity index (χ0) is 8.73. The topological polar surface area (TPSA) is 86.4 Å². The molecule has 0 aliphatic carbocycles. The molecule has 3 N–H and O–H groups in total. The minimum Gasteiger partial charge on any atom is -0.582 e. The second kappa shape index (κ2) is 7.43. The third-order valence-electron chi connectivity index (χ3n) is 0.390. The van der Waals surface area contributed by atoms with Gasteiger partial charge in [0.05, 0.1) is 0 Å². The number of aliphatic carboxylic acids is 1. The Hall–Kier alpha value is 0.320. The van der Waals surface area contributed by atoms with Gasteiger partial charge in [-0.05, 0) is 6.92 Å². The van der Waals surface area contributed by atoms with Crippen LogP contribution >= 0.6 is 21.4 Å². The summed E-state index contributed by atoms with van der Waals surface area (Å²) in [5.41, 5.74) is 4.84. The van der Waals surface area contributed by atoms with Crippen molar-refractivity contribution in [3.8, 4) is 0 Å². The maximum absolute atomic E-state index is 9.57. The van der Waals surface area contributed by atoms with Gasteiger partial charge in [0.15, 0.2) is 31.0 Å². The summed E-state index contributed by atoms with van der Waals surface area (Å²) in [6, 6.07) is -0.731. The molecule has 0 saturated heterocycles. The predicted octanol–water partition coefficient (Wildman–Crippen LogP) is 0.461. The van der Waals surface area contributed by atoms with E-state index in [9.17, 15) is 4.79 Å². The van der Waals surface area contributed by atoms with Gasteiger partial charge in [-0.25, -0.2) is 0 Å². The minimum atomic E-state index is -1.67. The lowest BCUT2D eigenvalue weighted by Gasteiger charge is -1.90. The van der Waals surface area contributed by atoms with E-state index in [1.54, 1.807) is 0 Å². The summed E-state index contributed by atoms with van der Waals surface area (Å²) in [6.07, 6.45) is 0. The Morgan fingerprint density at radius 2 is 1.90 bits per heavy atom. The molecule has 1 atom stereocenters. The van der Waals surface area contributed by atoms with Crippen molar-refractivity contribution in [1.29, 1.82) is 0 Å². The molecular weight excluding hydrogens is 201 g/mol. The Kier molecular flexibility index (Phi) is 9.62. The van der Waals surface area contributed by atoms with Crippen molar-refractivity contribution in [3.63, 3.8) is 0 Å². The van der Waals surface area contributed by atoms with Gasteiger partial charge in [0.25, 0.3) is 0 Å². The SMILES string of the molecule is CC(N)C(=O)O.[O-][S+](Cl)Cl. The van der Waals surface area contributed by atoms with Crippen LogP contribution in [0.5, 0.6) is 0 Å². The first-order valence-corrected chi connectivity index (χ1v) is 4.90. The number of carboxylic acids is 1. The molecule has 0 radical (unpaired) electrons. The molecule has 0 heterocycles. The lowest BCUT2D eigenvalue weighted by atomic mass is 10.4. The monoisotopic (exact) mass is 207 g/mol. The molecule has 62 valence electrons. The molecule has 0 bridgehead atoms. The molecule has 0 rings (SSSR count). The molecule has 4 nitrogen and oxygen atoms in total. The van der Waals surface area contributed by atoms with Crippen LogP contribution in [0.25, 0.3) is 0 Å². The van der Waals surface area contributed by atoms with Crippen LogP contribution in [0.3, 0.4) is 0 Å². The molecule has 7 heteroatoms. The highest BCUT2D eigenvalue weighted by Crippen LogP contribution is 1.98. The Labute approximate surface area is 70.5 Å². The van der Waals surface area contributed by atoms with Crippen LogP contribution in [0.4, 0.5) is 0 Å². The first kappa shape index (κ1) is 12.9. The molecule has 0 fully saturated rings. The highest BCUT2D eigenvalue weighted by atomic mass is 36.0. The molecule has 0 amide bonds. The van der Waals surface area contributed by atoms with Gasteiger partial charge < -0.3 is 15.4 Å². The Bertz CT molecular complexity index is 97.0. The van der Waals surface area contributed by atoms with Crippen LogP contribution in [0.2, 0.25) is 0 Å². The number of carbonyl (C=O) groups is 1. The molecule has 0 aliphatic heterocycles. The quantitative estimate of drug-likeness (QED) is 0.613. The minimum absolute atomic E-state index is 0.731. The highest BCUT2D eigenvalue weighted by Gasteiger charge is 1.99. The number of hydrogen-bond acceptors (Lipinski definition) is 3. The van der Waals surface area contributed by atoms with Gasteiger partial charge in [-0.15, -0.1) is 0 Å². The first-order valence-electron chi connectivity index (χ1n) is 2.10. The Morgan fingerprint density at radius 3 is 1.90 bits per heavy atom. The zero-order valence-electron chi connectivity index (χ0n) is 5.08. The third kappa shape index (κ3) is 23.9. The van der Waals surface area contributed by atoms with E-state index in [1.807, 2.05) is 0 Å². The van der Waals surface area contributed by atoms with E-state index in [2.05, 4.69) is 21.4 Å². The second-order valence-electron chi connectivity index (χ2n) is 1.31. The van der Waals surface area contributed by atoms with Gasteiger partial charge in [-0.3, -0.25) is 4.79 Å². The van der Waals surface area contributed by atoms with Gasteiger partial charge in [0.1, 0.15) is 6.04 Å². The van der Waals surface area contributed by atoms with E-state index >= 15 is 0 Å². The second-order valence-corrected chi connectivity index (χ2v) is 3.84. The average Bonchev–Trinajstić information content (AvgIpc) is 1.63. The van der Waals surface area contributed by atoms with Crippen molar-refractivity contribution in [3.05, 3.63) is 0 Å². The molecular formula is C3H7Cl2NO3S. The van der Waals surface area contributed by atoms with Gasteiger partial charge in [-0.2, -0.15) is 0 Å². The van der Waals surface area contributed by atoms with Crippen molar-refractivity contribution in [1.82, 2.24) is 0 Å². The summed E-state index contributed by atoms with van der Waals surface area (Å²) in [5.74, 6) is -0.963. The van der Waals surface area contributed by atoms with Crippen LogP contribution in [0, 0.1) is 0 Å². The Balaban J connectivity index is 0. The maximum Gasteiger partial charge on any atom is 0.320 e. The van der Waals surface area contributed by atoms with Crippen molar-refractivity contribution < 1.29 is 14.5 Å². The van der Waals surface area contributed by atoms with E-state index in [-0.39, 0.29) is 0 Å². The lowest BCUT2D eigenvalue weighted by Crippen LogP contribution is -2.25. The fourth-order valence-electron chi connectivity index (χ4n) is 0. The maximum atomic E-state index is 9.57. The molecule has 0 aliphatic rings. The van der Waals surface area contributed by atoms with E-state index < -0.39 is 21.6 Å². The number of carboxylic acid groups (broad SMARTS) is 1. The number of nitrogens with two attached hydrogens (primary N) is 1. The van der Waals surface area contributed by atoms with Gasteiger partial charge in [0, 0.05) is 0 Å². The summed E-state index contributed by atoms with van der Waals surface area (Å²) >= 11 is 0. The van der Waals surface area contributed by atoms with Crippen molar-refractivity contribution >= 4 is 36.9 Å². The van der Waals surface area contributed by atoms with Crippen LogP contribution < -0.4 is 5.73 Å². The summed E-state index contributed by atoms with van der Waals surface area (Å²) in [7, 11) is 7.36. The lowest BCUT2D eigenvalue weighted by molar-refractivity contribution is -0.138. The first-order chi connectivity index (χ1) is 4.37. The van der Waals surface area contributed by atoms with Crippen molar-refractivity contribution in [2.24, 2.45) is 5.73 Å². The smallest absolute Gasteiger partial charge is 0.320 e. The van der Waals surface area contributed by atoms with Gasteiger partial charge in [0.2, 0.25) is 0 Å². The van der Waals surface area contributed by atoms with E-state index in [4.69, 9.17) is 15.4 Å². The third-order valence-corrected chi connectivity index (χ3v) is 0.390. The largest absolute Gasteiger partial charge is 0.582 e. The van der Waals surface area contributed by atoms with E-state index in [1.165, 1.54) is 6.92 Å². The van der Waals surface area contributed by atoms with E-state index in [0.29, 0.717) is 0 Å². The van der Waals surface area contributed by atoms with Crippen molar-refractivity contribution in [2.75, 3.05) is 0 Å². The number of halogens is 2. The predicted molar refractivity (Wildman–Crippen MR) is 41.1 cm³/mol. The van der Waals surface area contributed by atoms with Crippen LogP contribution in [0.15, 0.2) is 0 Å². The molecule has 1 unspecified atom stereocenters. The average molecular weight is 208 g/mol. The summed E-state index contributed by atoms with van der Waals surface area (Å²) < 4.78 is 9.09. The van der Waals surface area contributed by atoms with Crippen LogP contribution in [-0.2, 0) is 14.4 Å². The number of rotatable bonds is 1.